The summed E-state index contributed by atoms with van der Waals surface area (Å²) >= 11 is 1.83. The van der Waals surface area contributed by atoms with Crippen molar-refractivity contribution in [1.82, 2.24) is 14.7 Å². The van der Waals surface area contributed by atoms with E-state index < -0.39 is 0 Å². The van der Waals surface area contributed by atoms with Gasteiger partial charge < -0.3 is 9.80 Å². The molecule has 0 radical (unpaired) electrons. The summed E-state index contributed by atoms with van der Waals surface area (Å²) in [6, 6.07) is 13.0. The first-order valence-corrected chi connectivity index (χ1v) is 13.4. The molecule has 3 aliphatic rings. The third-order valence-corrected chi connectivity index (χ3v) is 8.73. The fourth-order valence-corrected chi connectivity index (χ4v) is 6.84. The minimum atomic E-state index is 0.0897. The van der Waals surface area contributed by atoms with Crippen molar-refractivity contribution in [2.45, 2.75) is 57.5 Å². The van der Waals surface area contributed by atoms with Gasteiger partial charge in [0.05, 0.1) is 12.6 Å². The zero-order valence-electron chi connectivity index (χ0n) is 19.6. The first-order chi connectivity index (χ1) is 16.1. The third kappa shape index (κ3) is 4.73. The molecule has 0 bridgehead atoms. The Morgan fingerprint density at radius 1 is 1.00 bits per heavy atom. The molecule has 1 aromatic heterocycles. The number of amides is 2. The topological polar surface area (TPSA) is 43.9 Å². The minimum Gasteiger partial charge on any atom is -0.338 e. The van der Waals surface area contributed by atoms with Crippen molar-refractivity contribution in [1.29, 1.82) is 0 Å². The van der Waals surface area contributed by atoms with Crippen LogP contribution in [0.5, 0.6) is 0 Å². The number of carbonyl (C=O) groups excluding carboxylic acids is 2. The SMILES string of the molecule is CC1CN(C(=O)CN2CCc3sccc3C2c2ccccc2)CCN1C(=O)C1CCCCC1. The fourth-order valence-electron chi connectivity index (χ4n) is 5.93. The Morgan fingerprint density at radius 3 is 2.55 bits per heavy atom. The molecule has 6 heteroatoms. The van der Waals surface area contributed by atoms with Crippen molar-refractivity contribution in [3.8, 4) is 0 Å². The lowest BCUT2D eigenvalue weighted by molar-refractivity contribution is -0.146. The first kappa shape index (κ1) is 22.6. The maximum atomic E-state index is 13.4. The van der Waals surface area contributed by atoms with Crippen LogP contribution >= 0.6 is 11.3 Å². The Bertz CT molecular complexity index is 969. The molecule has 2 aliphatic heterocycles. The number of fused-ring (bicyclic) bond motifs is 1. The lowest BCUT2D eigenvalue weighted by Gasteiger charge is -2.43. The van der Waals surface area contributed by atoms with Crippen LogP contribution in [0.1, 0.15) is 61.1 Å². The van der Waals surface area contributed by atoms with E-state index in [4.69, 9.17) is 0 Å². The highest BCUT2D eigenvalue weighted by molar-refractivity contribution is 7.10. The van der Waals surface area contributed by atoms with Crippen molar-refractivity contribution in [3.63, 3.8) is 0 Å². The Labute approximate surface area is 201 Å². The maximum Gasteiger partial charge on any atom is 0.236 e. The summed E-state index contributed by atoms with van der Waals surface area (Å²) in [5, 5.41) is 2.18. The summed E-state index contributed by atoms with van der Waals surface area (Å²) in [7, 11) is 0. The Balaban J connectivity index is 1.24. The summed E-state index contributed by atoms with van der Waals surface area (Å²) < 4.78 is 0. The van der Waals surface area contributed by atoms with E-state index in [0.29, 0.717) is 32.1 Å². The van der Waals surface area contributed by atoms with E-state index in [2.05, 4.69) is 47.5 Å². The third-order valence-electron chi connectivity index (χ3n) is 7.74. The molecule has 2 aromatic rings. The monoisotopic (exact) mass is 465 g/mol. The molecule has 0 spiro atoms. The van der Waals surface area contributed by atoms with Crippen LogP contribution in [0.15, 0.2) is 41.8 Å². The molecule has 5 rings (SSSR count). The number of benzene rings is 1. The minimum absolute atomic E-state index is 0.0897. The Morgan fingerprint density at radius 2 is 1.79 bits per heavy atom. The van der Waals surface area contributed by atoms with Crippen LogP contribution in [0.25, 0.3) is 0 Å². The average Bonchev–Trinajstić information content (AvgIpc) is 3.33. The van der Waals surface area contributed by atoms with Gasteiger partial charge in [0.25, 0.3) is 0 Å². The second-order valence-corrected chi connectivity index (χ2v) is 10.9. The van der Waals surface area contributed by atoms with Crippen LogP contribution in [-0.2, 0) is 16.0 Å². The van der Waals surface area contributed by atoms with Crippen LogP contribution in [0.3, 0.4) is 0 Å². The lowest BCUT2D eigenvalue weighted by atomic mass is 9.88. The molecule has 2 amide bonds. The predicted octanol–water partition coefficient (Wildman–Crippen LogP) is 4.34. The van der Waals surface area contributed by atoms with E-state index in [1.807, 2.05) is 27.2 Å². The quantitative estimate of drug-likeness (QED) is 0.675. The normalized spacial score (nSPS) is 24.5. The van der Waals surface area contributed by atoms with Gasteiger partial charge in [-0.15, -0.1) is 11.3 Å². The number of thiophene rings is 1. The van der Waals surface area contributed by atoms with E-state index in [0.717, 1.165) is 25.8 Å². The van der Waals surface area contributed by atoms with Crippen LogP contribution in [-0.4, -0.2) is 65.3 Å². The van der Waals surface area contributed by atoms with Crippen molar-refractivity contribution < 1.29 is 9.59 Å². The second kappa shape index (κ2) is 9.98. The number of carbonyl (C=O) groups is 2. The van der Waals surface area contributed by atoms with Crippen LogP contribution in [0.4, 0.5) is 0 Å². The maximum absolute atomic E-state index is 13.4. The van der Waals surface area contributed by atoms with E-state index in [1.54, 1.807) is 0 Å². The smallest absolute Gasteiger partial charge is 0.236 e. The Hall–Kier alpha value is -2.18. The molecule has 1 saturated carbocycles. The summed E-state index contributed by atoms with van der Waals surface area (Å²) in [4.78, 5) is 34.3. The van der Waals surface area contributed by atoms with E-state index in [-0.39, 0.29) is 23.9 Å². The highest BCUT2D eigenvalue weighted by Gasteiger charge is 2.36. The molecule has 2 atom stereocenters. The van der Waals surface area contributed by atoms with Gasteiger partial charge in [0.15, 0.2) is 0 Å². The number of nitrogens with zero attached hydrogens (tertiary/aromatic N) is 3. The summed E-state index contributed by atoms with van der Waals surface area (Å²) in [6.45, 7) is 5.39. The van der Waals surface area contributed by atoms with E-state index in [1.165, 1.54) is 35.3 Å². The van der Waals surface area contributed by atoms with E-state index >= 15 is 0 Å². The second-order valence-electron chi connectivity index (χ2n) is 9.89. The van der Waals surface area contributed by atoms with Crippen molar-refractivity contribution in [2.24, 2.45) is 5.92 Å². The van der Waals surface area contributed by atoms with Gasteiger partial charge in [0.1, 0.15) is 0 Å². The number of piperazine rings is 1. The molecular formula is C27H35N3O2S. The molecule has 2 fully saturated rings. The van der Waals surface area contributed by atoms with Gasteiger partial charge in [0, 0.05) is 43.0 Å². The Kier molecular flexibility index (Phi) is 6.84. The first-order valence-electron chi connectivity index (χ1n) is 12.6. The van der Waals surface area contributed by atoms with Gasteiger partial charge in [-0.25, -0.2) is 0 Å². The molecule has 2 unspecified atom stereocenters. The van der Waals surface area contributed by atoms with Gasteiger partial charge in [0.2, 0.25) is 11.8 Å². The van der Waals surface area contributed by atoms with Crippen molar-refractivity contribution >= 4 is 23.2 Å². The standard InChI is InChI=1S/C27H35N3O2S/c1-20-18-28(15-16-30(20)27(32)22-10-6-3-7-11-22)25(31)19-29-14-12-24-23(13-17-33-24)26(29)21-8-4-2-5-9-21/h2,4-5,8-9,13,17,20,22,26H,3,6-7,10-12,14-16,18-19H2,1H3. The number of rotatable bonds is 4. The lowest BCUT2D eigenvalue weighted by Crippen LogP contribution is -2.58. The summed E-state index contributed by atoms with van der Waals surface area (Å²) in [5.41, 5.74) is 2.60. The average molecular weight is 466 g/mol. The molecule has 33 heavy (non-hydrogen) atoms. The van der Waals surface area contributed by atoms with Crippen LogP contribution in [0, 0.1) is 5.92 Å². The largest absolute Gasteiger partial charge is 0.338 e. The van der Waals surface area contributed by atoms with Gasteiger partial charge in [-0.2, -0.15) is 0 Å². The van der Waals surface area contributed by atoms with E-state index in [9.17, 15) is 9.59 Å². The fraction of sp³-hybridized carbons (Fsp3) is 0.556. The molecule has 1 aliphatic carbocycles. The molecule has 0 N–H and O–H groups in total. The zero-order valence-corrected chi connectivity index (χ0v) is 20.4. The number of hydrogen-bond donors (Lipinski definition) is 0. The molecule has 176 valence electrons. The molecule has 1 saturated heterocycles. The van der Waals surface area contributed by atoms with Gasteiger partial charge in [-0.3, -0.25) is 14.5 Å². The van der Waals surface area contributed by atoms with Crippen LogP contribution < -0.4 is 0 Å². The highest BCUT2D eigenvalue weighted by atomic mass is 32.1. The van der Waals surface area contributed by atoms with Crippen molar-refractivity contribution in [3.05, 3.63) is 57.8 Å². The van der Waals surface area contributed by atoms with Gasteiger partial charge in [-0.05, 0) is 48.8 Å². The molecule has 1 aromatic carbocycles. The van der Waals surface area contributed by atoms with Gasteiger partial charge in [-0.1, -0.05) is 49.6 Å². The molecule has 5 nitrogen and oxygen atoms in total. The van der Waals surface area contributed by atoms with Gasteiger partial charge >= 0.3 is 0 Å². The van der Waals surface area contributed by atoms with Crippen LogP contribution in [0.2, 0.25) is 0 Å². The summed E-state index contributed by atoms with van der Waals surface area (Å²) in [6.07, 6.45) is 6.68. The molecule has 3 heterocycles. The zero-order chi connectivity index (χ0) is 22.8. The highest BCUT2D eigenvalue weighted by Crippen LogP contribution is 2.37. The predicted molar refractivity (Wildman–Crippen MR) is 132 cm³/mol. The number of hydrogen-bond acceptors (Lipinski definition) is 4. The summed E-state index contributed by atoms with van der Waals surface area (Å²) in [5.74, 6) is 0.703. The molecular weight excluding hydrogens is 430 g/mol. The van der Waals surface area contributed by atoms with Crippen molar-refractivity contribution in [2.75, 3.05) is 32.7 Å².